The minimum Gasteiger partial charge on any atom is -0.323 e. The summed E-state index contributed by atoms with van der Waals surface area (Å²) in [6.07, 6.45) is 0. The van der Waals surface area contributed by atoms with Gasteiger partial charge in [-0.3, -0.25) is 23.7 Å². The van der Waals surface area contributed by atoms with Gasteiger partial charge in [0.05, 0.1) is 27.7 Å². The minimum atomic E-state index is -0.796. The van der Waals surface area contributed by atoms with E-state index in [1.54, 1.807) is 49.3 Å². The van der Waals surface area contributed by atoms with Crippen molar-refractivity contribution in [1.82, 2.24) is 19.6 Å². The van der Waals surface area contributed by atoms with Crippen molar-refractivity contribution in [2.45, 2.75) is 40.7 Å². The lowest BCUT2D eigenvalue weighted by Gasteiger charge is -2.15. The second kappa shape index (κ2) is 8.96. The molecule has 1 unspecified atom stereocenters. The number of aryl methyl sites for hydroxylation is 4. The Labute approximate surface area is 190 Å². The van der Waals surface area contributed by atoms with Crippen molar-refractivity contribution < 1.29 is 14.4 Å². The Bertz CT molecular complexity index is 1230. The SMILES string of the molecule is Cc1cc(C)n(C(C)C(=O)Nc2ccc(NC(=O)C(=O)c3c(C)nn(C)c3C)cc2Cl)n1. The summed E-state index contributed by atoms with van der Waals surface area (Å²) in [5.74, 6) is -1.76. The van der Waals surface area contributed by atoms with Gasteiger partial charge in [-0.05, 0) is 58.9 Å². The summed E-state index contributed by atoms with van der Waals surface area (Å²) in [5, 5.41) is 14.0. The van der Waals surface area contributed by atoms with Crippen molar-refractivity contribution in [3.63, 3.8) is 0 Å². The summed E-state index contributed by atoms with van der Waals surface area (Å²) in [4.78, 5) is 37.7. The number of hydrogen-bond donors (Lipinski definition) is 2. The van der Waals surface area contributed by atoms with Crippen molar-refractivity contribution in [2.75, 3.05) is 10.6 Å². The van der Waals surface area contributed by atoms with Crippen LogP contribution in [0.15, 0.2) is 24.3 Å². The number of halogens is 1. The molecule has 0 saturated heterocycles. The van der Waals surface area contributed by atoms with Gasteiger partial charge in [-0.2, -0.15) is 10.2 Å². The molecule has 0 spiro atoms. The fraction of sp³-hybridized carbons (Fsp3) is 0.318. The Morgan fingerprint density at radius 1 is 1.03 bits per heavy atom. The van der Waals surface area contributed by atoms with Gasteiger partial charge in [0.1, 0.15) is 6.04 Å². The van der Waals surface area contributed by atoms with Crippen LogP contribution in [0.2, 0.25) is 5.02 Å². The number of Topliss-reactive ketones (excluding diaryl/α,β-unsaturated/α-hetero) is 1. The van der Waals surface area contributed by atoms with Crippen molar-refractivity contribution >= 4 is 40.6 Å². The van der Waals surface area contributed by atoms with Crippen molar-refractivity contribution in [2.24, 2.45) is 7.05 Å². The lowest BCUT2D eigenvalue weighted by atomic mass is 10.1. The van der Waals surface area contributed by atoms with E-state index in [1.165, 1.54) is 6.07 Å². The number of hydrogen-bond acceptors (Lipinski definition) is 5. The maximum absolute atomic E-state index is 12.6. The van der Waals surface area contributed by atoms with Gasteiger partial charge in [0.25, 0.3) is 11.7 Å². The van der Waals surface area contributed by atoms with Crippen LogP contribution in [0.4, 0.5) is 11.4 Å². The molecule has 2 aromatic heterocycles. The number of benzene rings is 1. The Balaban J connectivity index is 1.71. The zero-order chi connectivity index (χ0) is 23.7. The molecule has 3 rings (SSSR count). The van der Waals surface area contributed by atoms with Crippen molar-refractivity contribution in [3.8, 4) is 0 Å². The first-order valence-electron chi connectivity index (χ1n) is 9.98. The fourth-order valence-corrected chi connectivity index (χ4v) is 3.71. The van der Waals surface area contributed by atoms with Gasteiger partial charge in [0.15, 0.2) is 0 Å². The molecular formula is C22H25ClN6O3. The highest BCUT2D eigenvalue weighted by molar-refractivity contribution is 6.47. The maximum atomic E-state index is 12.6. The van der Waals surface area contributed by atoms with Gasteiger partial charge in [0, 0.05) is 24.1 Å². The molecule has 2 N–H and O–H groups in total. The van der Waals surface area contributed by atoms with Crippen LogP contribution in [0.3, 0.4) is 0 Å². The Kier molecular flexibility index (Phi) is 6.50. The monoisotopic (exact) mass is 456 g/mol. The number of ketones is 1. The van der Waals surface area contributed by atoms with Crippen LogP contribution in [0.1, 0.15) is 46.1 Å². The van der Waals surface area contributed by atoms with Crippen molar-refractivity contribution in [1.29, 1.82) is 0 Å². The molecule has 0 aliphatic heterocycles. The average Bonchev–Trinajstić information content (AvgIpc) is 3.19. The molecule has 0 radical (unpaired) electrons. The minimum absolute atomic E-state index is 0.220. The first-order valence-corrected chi connectivity index (χ1v) is 10.4. The highest BCUT2D eigenvalue weighted by atomic mass is 35.5. The van der Waals surface area contributed by atoms with E-state index in [4.69, 9.17) is 11.6 Å². The molecule has 0 aliphatic rings. The number of anilines is 2. The lowest BCUT2D eigenvalue weighted by Crippen LogP contribution is -2.25. The topological polar surface area (TPSA) is 111 Å². The molecular weight excluding hydrogens is 432 g/mol. The maximum Gasteiger partial charge on any atom is 0.296 e. The van der Waals surface area contributed by atoms with Gasteiger partial charge < -0.3 is 10.6 Å². The van der Waals surface area contributed by atoms with Gasteiger partial charge in [0.2, 0.25) is 5.91 Å². The molecule has 0 fully saturated rings. The smallest absolute Gasteiger partial charge is 0.296 e. The van der Waals surface area contributed by atoms with E-state index in [1.807, 2.05) is 19.9 Å². The average molecular weight is 457 g/mol. The Morgan fingerprint density at radius 3 is 2.25 bits per heavy atom. The number of carbonyl (C=O) groups excluding carboxylic acids is 3. The summed E-state index contributed by atoms with van der Waals surface area (Å²) in [6, 6.07) is 5.95. The second-order valence-corrected chi connectivity index (χ2v) is 8.09. The number of nitrogens with one attached hydrogen (secondary N) is 2. The van der Waals surface area contributed by atoms with E-state index in [0.717, 1.165) is 11.4 Å². The molecule has 168 valence electrons. The molecule has 3 aromatic rings. The molecule has 1 aromatic carbocycles. The molecule has 9 nitrogen and oxygen atoms in total. The van der Waals surface area contributed by atoms with Crippen LogP contribution >= 0.6 is 11.6 Å². The molecule has 10 heteroatoms. The zero-order valence-electron chi connectivity index (χ0n) is 18.8. The van der Waals surface area contributed by atoms with Gasteiger partial charge in [-0.1, -0.05) is 11.6 Å². The summed E-state index contributed by atoms with van der Waals surface area (Å²) >= 11 is 6.31. The number of aromatic nitrogens is 4. The second-order valence-electron chi connectivity index (χ2n) is 7.68. The Hall–Kier alpha value is -3.46. The fourth-order valence-electron chi connectivity index (χ4n) is 3.48. The molecule has 2 amide bonds. The molecule has 2 heterocycles. The predicted molar refractivity (Wildman–Crippen MR) is 122 cm³/mol. The largest absolute Gasteiger partial charge is 0.323 e. The van der Waals surface area contributed by atoms with Crippen LogP contribution in [-0.2, 0) is 16.6 Å². The van der Waals surface area contributed by atoms with E-state index < -0.39 is 17.7 Å². The predicted octanol–water partition coefficient (Wildman–Crippen LogP) is 3.52. The summed E-state index contributed by atoms with van der Waals surface area (Å²) in [6.45, 7) is 8.88. The molecule has 0 saturated carbocycles. The van der Waals surface area contributed by atoms with Gasteiger partial charge >= 0.3 is 0 Å². The van der Waals surface area contributed by atoms with E-state index in [-0.39, 0.29) is 16.5 Å². The number of rotatable bonds is 6. The summed E-state index contributed by atoms with van der Waals surface area (Å²) in [5.41, 5.74) is 3.78. The van der Waals surface area contributed by atoms with Crippen LogP contribution in [0.25, 0.3) is 0 Å². The molecule has 1 atom stereocenters. The zero-order valence-corrected chi connectivity index (χ0v) is 19.5. The highest BCUT2D eigenvalue weighted by Crippen LogP contribution is 2.27. The first-order chi connectivity index (χ1) is 15.0. The standard InChI is InChI=1S/C22H25ClN6O3/c1-11-9-12(2)29(26-11)15(5)21(31)25-18-8-7-16(10-17(18)23)24-22(32)20(30)19-13(3)27-28(6)14(19)4/h7-10,15H,1-6H3,(H,24,32)(H,25,31). The third kappa shape index (κ3) is 4.57. The quantitative estimate of drug-likeness (QED) is 0.435. The lowest BCUT2D eigenvalue weighted by molar-refractivity contribution is -0.119. The normalized spacial score (nSPS) is 11.8. The number of carbonyl (C=O) groups is 3. The van der Waals surface area contributed by atoms with Crippen LogP contribution in [0, 0.1) is 27.7 Å². The van der Waals surface area contributed by atoms with Gasteiger partial charge in [-0.25, -0.2) is 0 Å². The third-order valence-corrected chi connectivity index (χ3v) is 5.53. The highest BCUT2D eigenvalue weighted by Gasteiger charge is 2.24. The van der Waals surface area contributed by atoms with Crippen LogP contribution in [-0.4, -0.2) is 37.2 Å². The Morgan fingerprint density at radius 2 is 1.72 bits per heavy atom. The summed E-state index contributed by atoms with van der Waals surface area (Å²) < 4.78 is 3.19. The number of amides is 2. The van der Waals surface area contributed by atoms with E-state index in [0.29, 0.717) is 22.8 Å². The van der Waals surface area contributed by atoms with E-state index in [9.17, 15) is 14.4 Å². The first kappa shape index (κ1) is 23.2. The molecule has 0 bridgehead atoms. The van der Waals surface area contributed by atoms with Crippen LogP contribution < -0.4 is 10.6 Å². The number of nitrogens with zero attached hydrogens (tertiary/aromatic N) is 4. The molecule has 0 aliphatic carbocycles. The summed E-state index contributed by atoms with van der Waals surface area (Å²) in [7, 11) is 1.71. The van der Waals surface area contributed by atoms with E-state index >= 15 is 0 Å². The van der Waals surface area contributed by atoms with Gasteiger partial charge in [-0.15, -0.1) is 0 Å². The van der Waals surface area contributed by atoms with E-state index in [2.05, 4.69) is 20.8 Å². The van der Waals surface area contributed by atoms with Crippen molar-refractivity contribution in [3.05, 3.63) is 57.6 Å². The molecule has 32 heavy (non-hydrogen) atoms. The van der Waals surface area contributed by atoms with Crippen LogP contribution in [0.5, 0.6) is 0 Å². The third-order valence-electron chi connectivity index (χ3n) is 5.22.